The molecule has 2 N–H and O–H groups in total. The molecule has 2 unspecified atom stereocenters. The zero-order chi connectivity index (χ0) is 13.8. The van der Waals surface area contributed by atoms with Crippen molar-refractivity contribution < 1.29 is 19.7 Å². The van der Waals surface area contributed by atoms with Crippen LogP contribution in [0.2, 0.25) is 0 Å². The first-order valence-corrected chi connectivity index (χ1v) is 6.40. The summed E-state index contributed by atoms with van der Waals surface area (Å²) < 4.78 is 5.50. The summed E-state index contributed by atoms with van der Waals surface area (Å²) in [6.07, 6.45) is -0.0623. The van der Waals surface area contributed by atoms with Crippen LogP contribution in [-0.2, 0) is 16.0 Å². The van der Waals surface area contributed by atoms with Gasteiger partial charge in [-0.25, -0.2) is 0 Å². The van der Waals surface area contributed by atoms with Crippen molar-refractivity contribution in [2.75, 3.05) is 19.7 Å². The number of phenols is 1. The number of nitrogens with zero attached hydrogens (tertiary/aromatic N) is 1. The molecule has 0 spiro atoms. The van der Waals surface area contributed by atoms with Crippen LogP contribution in [0.4, 0.5) is 0 Å². The van der Waals surface area contributed by atoms with E-state index in [9.17, 15) is 9.90 Å². The number of aliphatic hydroxyl groups is 1. The molecule has 1 aromatic rings. The van der Waals surface area contributed by atoms with Crippen LogP contribution in [0.25, 0.3) is 0 Å². The minimum Gasteiger partial charge on any atom is -0.508 e. The number of ether oxygens (including phenoxy) is 1. The van der Waals surface area contributed by atoms with Gasteiger partial charge in [-0.2, -0.15) is 0 Å². The molecule has 1 fully saturated rings. The Bertz CT molecular complexity index is 432. The van der Waals surface area contributed by atoms with E-state index >= 15 is 0 Å². The first-order valence-electron chi connectivity index (χ1n) is 6.40. The van der Waals surface area contributed by atoms with Gasteiger partial charge in [0.25, 0.3) is 0 Å². The Morgan fingerprint density at radius 3 is 2.68 bits per heavy atom. The van der Waals surface area contributed by atoms with Gasteiger partial charge >= 0.3 is 0 Å². The topological polar surface area (TPSA) is 70.0 Å². The van der Waals surface area contributed by atoms with Crippen molar-refractivity contribution in [2.24, 2.45) is 0 Å². The second kappa shape index (κ2) is 6.04. The number of amides is 1. The summed E-state index contributed by atoms with van der Waals surface area (Å²) in [5.41, 5.74) is 0.863. The largest absolute Gasteiger partial charge is 0.508 e. The smallest absolute Gasteiger partial charge is 0.227 e. The maximum atomic E-state index is 12.2. The van der Waals surface area contributed by atoms with Gasteiger partial charge in [-0.1, -0.05) is 12.1 Å². The van der Waals surface area contributed by atoms with Crippen molar-refractivity contribution in [1.29, 1.82) is 0 Å². The van der Waals surface area contributed by atoms with Crippen molar-refractivity contribution in [1.82, 2.24) is 4.90 Å². The van der Waals surface area contributed by atoms with E-state index in [-0.39, 0.29) is 30.5 Å². The lowest BCUT2D eigenvalue weighted by Gasteiger charge is -2.36. The van der Waals surface area contributed by atoms with Gasteiger partial charge in [-0.3, -0.25) is 4.79 Å². The Morgan fingerprint density at radius 2 is 2.05 bits per heavy atom. The van der Waals surface area contributed by atoms with Crippen LogP contribution in [0.15, 0.2) is 24.3 Å². The molecule has 5 nitrogen and oxygen atoms in total. The predicted molar refractivity (Wildman–Crippen MR) is 69.8 cm³/mol. The van der Waals surface area contributed by atoms with Crippen LogP contribution in [0.5, 0.6) is 5.75 Å². The SMILES string of the molecule is CC1CN(C(=O)Cc2ccc(O)cc2)CC(CO)O1. The molecule has 2 rings (SSSR count). The van der Waals surface area contributed by atoms with E-state index < -0.39 is 0 Å². The number of carbonyl (C=O) groups is 1. The number of rotatable bonds is 3. The monoisotopic (exact) mass is 265 g/mol. The highest BCUT2D eigenvalue weighted by Gasteiger charge is 2.27. The number of aliphatic hydroxyl groups excluding tert-OH is 1. The molecule has 0 bridgehead atoms. The summed E-state index contributed by atoms with van der Waals surface area (Å²) in [6, 6.07) is 6.61. The fourth-order valence-electron chi connectivity index (χ4n) is 2.25. The van der Waals surface area contributed by atoms with Crippen LogP contribution in [0, 0.1) is 0 Å². The number of aromatic hydroxyl groups is 1. The zero-order valence-corrected chi connectivity index (χ0v) is 11.0. The van der Waals surface area contributed by atoms with Gasteiger partial charge in [-0.15, -0.1) is 0 Å². The first-order chi connectivity index (χ1) is 9.08. The van der Waals surface area contributed by atoms with Crippen LogP contribution in [-0.4, -0.2) is 52.9 Å². The molecule has 5 heteroatoms. The van der Waals surface area contributed by atoms with Crippen molar-refractivity contribution in [3.63, 3.8) is 0 Å². The van der Waals surface area contributed by atoms with Crippen molar-refractivity contribution in [3.05, 3.63) is 29.8 Å². The summed E-state index contributed by atoms with van der Waals surface area (Å²) >= 11 is 0. The summed E-state index contributed by atoms with van der Waals surface area (Å²) in [6.45, 7) is 2.79. The molecular formula is C14H19NO4. The molecule has 1 heterocycles. The van der Waals surface area contributed by atoms with Gasteiger partial charge in [0.05, 0.1) is 25.2 Å². The summed E-state index contributed by atoms with van der Waals surface area (Å²) in [7, 11) is 0. The van der Waals surface area contributed by atoms with Gasteiger partial charge in [0.1, 0.15) is 5.75 Å². The number of hydrogen-bond donors (Lipinski definition) is 2. The second-order valence-corrected chi connectivity index (χ2v) is 4.89. The van der Waals surface area contributed by atoms with Crippen LogP contribution >= 0.6 is 0 Å². The third kappa shape index (κ3) is 3.68. The van der Waals surface area contributed by atoms with Crippen molar-refractivity contribution >= 4 is 5.91 Å². The lowest BCUT2D eigenvalue weighted by Crippen LogP contribution is -2.50. The first kappa shape index (κ1) is 13.8. The molecule has 1 aliphatic heterocycles. The molecular weight excluding hydrogens is 246 g/mol. The van der Waals surface area contributed by atoms with Gasteiger partial charge in [0.15, 0.2) is 0 Å². The highest BCUT2D eigenvalue weighted by Crippen LogP contribution is 2.14. The van der Waals surface area contributed by atoms with E-state index in [2.05, 4.69) is 0 Å². The highest BCUT2D eigenvalue weighted by atomic mass is 16.5. The predicted octanol–water partition coefficient (Wildman–Crippen LogP) is 0.543. The fourth-order valence-corrected chi connectivity index (χ4v) is 2.25. The van der Waals surface area contributed by atoms with Crippen LogP contribution < -0.4 is 0 Å². The Kier molecular flexibility index (Phi) is 4.39. The minimum atomic E-state index is -0.299. The molecule has 1 amide bonds. The van der Waals surface area contributed by atoms with E-state index in [1.807, 2.05) is 6.92 Å². The quantitative estimate of drug-likeness (QED) is 0.837. The highest BCUT2D eigenvalue weighted by molar-refractivity contribution is 5.79. The Morgan fingerprint density at radius 1 is 1.37 bits per heavy atom. The molecule has 1 aromatic carbocycles. The van der Waals surface area contributed by atoms with E-state index in [4.69, 9.17) is 9.84 Å². The Labute approximate surface area is 112 Å². The maximum absolute atomic E-state index is 12.2. The molecule has 1 aliphatic rings. The number of morpholine rings is 1. The summed E-state index contributed by atoms with van der Waals surface area (Å²) in [4.78, 5) is 13.9. The molecule has 2 atom stereocenters. The van der Waals surface area contributed by atoms with Crippen molar-refractivity contribution in [3.8, 4) is 5.75 Å². The summed E-state index contributed by atoms with van der Waals surface area (Å²) in [5.74, 6) is 0.204. The van der Waals surface area contributed by atoms with Crippen LogP contribution in [0.3, 0.4) is 0 Å². The van der Waals surface area contributed by atoms with Gasteiger partial charge in [0, 0.05) is 13.1 Å². The average molecular weight is 265 g/mol. The second-order valence-electron chi connectivity index (χ2n) is 4.89. The maximum Gasteiger partial charge on any atom is 0.227 e. The standard InChI is InChI=1S/C14H19NO4/c1-10-7-15(8-13(9-16)19-10)14(18)6-11-2-4-12(17)5-3-11/h2-5,10,13,16-17H,6-9H2,1H3. The zero-order valence-electron chi connectivity index (χ0n) is 11.0. The van der Waals surface area contributed by atoms with E-state index in [1.165, 1.54) is 0 Å². The molecule has 0 aliphatic carbocycles. The lowest BCUT2D eigenvalue weighted by atomic mass is 10.1. The van der Waals surface area contributed by atoms with Gasteiger partial charge < -0.3 is 19.8 Å². The fraction of sp³-hybridized carbons (Fsp3) is 0.500. The summed E-state index contributed by atoms with van der Waals surface area (Å²) in [5, 5.41) is 18.3. The average Bonchev–Trinajstić information content (AvgIpc) is 2.40. The van der Waals surface area contributed by atoms with Gasteiger partial charge in [-0.05, 0) is 24.6 Å². The van der Waals surface area contributed by atoms with E-state index in [0.29, 0.717) is 19.5 Å². The molecule has 104 valence electrons. The third-order valence-electron chi connectivity index (χ3n) is 3.17. The Balaban J connectivity index is 1.97. The lowest BCUT2D eigenvalue weighted by molar-refractivity contribution is -0.146. The minimum absolute atomic E-state index is 0.0132. The van der Waals surface area contributed by atoms with Gasteiger partial charge in [0.2, 0.25) is 5.91 Å². The molecule has 19 heavy (non-hydrogen) atoms. The molecule has 1 saturated heterocycles. The number of phenolic OH excluding ortho intramolecular Hbond substituents is 1. The van der Waals surface area contributed by atoms with E-state index in [0.717, 1.165) is 5.56 Å². The molecule has 0 radical (unpaired) electrons. The third-order valence-corrected chi connectivity index (χ3v) is 3.17. The normalized spacial score (nSPS) is 23.4. The number of carbonyl (C=O) groups excluding carboxylic acids is 1. The molecule has 0 aromatic heterocycles. The van der Waals surface area contributed by atoms with Crippen molar-refractivity contribution in [2.45, 2.75) is 25.6 Å². The Hall–Kier alpha value is -1.59. The molecule has 0 saturated carbocycles. The van der Waals surface area contributed by atoms with E-state index in [1.54, 1.807) is 29.2 Å². The number of hydrogen-bond acceptors (Lipinski definition) is 4. The van der Waals surface area contributed by atoms with Crippen LogP contribution in [0.1, 0.15) is 12.5 Å². The number of benzene rings is 1.